The molecule has 1 heterocycles. The van der Waals surface area contributed by atoms with Crippen LogP contribution in [-0.4, -0.2) is 4.98 Å². The standard InChI is InChI=1S/C8H6Cl2F3N/c9-3-5-1-2-7(8(11,12)13)14-6(5)4-10/h1-2H,3-4H2. The molecule has 6 heteroatoms. The van der Waals surface area contributed by atoms with Crippen LogP contribution in [0.5, 0.6) is 0 Å². The Balaban J connectivity index is 3.14. The number of hydrogen-bond donors (Lipinski definition) is 0. The van der Waals surface area contributed by atoms with Gasteiger partial charge in [0, 0.05) is 5.88 Å². The Morgan fingerprint density at radius 3 is 2.21 bits per heavy atom. The molecule has 0 N–H and O–H groups in total. The molecular weight excluding hydrogens is 238 g/mol. The van der Waals surface area contributed by atoms with Gasteiger partial charge in [-0.25, -0.2) is 4.98 Å². The second-order valence-corrected chi connectivity index (χ2v) is 3.10. The quantitative estimate of drug-likeness (QED) is 0.724. The number of pyridine rings is 1. The summed E-state index contributed by atoms with van der Waals surface area (Å²) in [6, 6.07) is 2.19. The highest BCUT2D eigenvalue weighted by Gasteiger charge is 2.32. The molecule has 0 atom stereocenters. The second kappa shape index (κ2) is 4.36. The Bertz CT molecular complexity index is 325. The van der Waals surface area contributed by atoms with Gasteiger partial charge in [0.2, 0.25) is 0 Å². The zero-order valence-electron chi connectivity index (χ0n) is 6.91. The zero-order valence-corrected chi connectivity index (χ0v) is 8.42. The topological polar surface area (TPSA) is 12.9 Å². The first-order valence-electron chi connectivity index (χ1n) is 3.67. The van der Waals surface area contributed by atoms with Crippen molar-refractivity contribution in [1.29, 1.82) is 0 Å². The van der Waals surface area contributed by atoms with E-state index in [4.69, 9.17) is 23.2 Å². The average molecular weight is 244 g/mol. The molecule has 1 aromatic rings. The van der Waals surface area contributed by atoms with Crippen LogP contribution in [0.1, 0.15) is 17.0 Å². The maximum atomic E-state index is 12.2. The van der Waals surface area contributed by atoms with Gasteiger partial charge < -0.3 is 0 Å². The molecule has 0 aliphatic rings. The van der Waals surface area contributed by atoms with Gasteiger partial charge in [-0.1, -0.05) is 6.07 Å². The first-order valence-corrected chi connectivity index (χ1v) is 4.74. The lowest BCUT2D eigenvalue weighted by molar-refractivity contribution is -0.141. The summed E-state index contributed by atoms with van der Waals surface area (Å²) >= 11 is 10.9. The molecule has 14 heavy (non-hydrogen) atoms. The van der Waals surface area contributed by atoms with Crippen LogP contribution in [0.4, 0.5) is 13.2 Å². The molecule has 0 amide bonds. The number of nitrogens with zero attached hydrogens (tertiary/aromatic N) is 1. The van der Waals surface area contributed by atoms with Crippen LogP contribution in [0.3, 0.4) is 0 Å². The molecule has 0 unspecified atom stereocenters. The predicted octanol–water partition coefficient (Wildman–Crippen LogP) is 3.58. The second-order valence-electron chi connectivity index (χ2n) is 2.57. The normalized spacial score (nSPS) is 11.8. The number of halogens is 5. The molecular formula is C8H6Cl2F3N. The molecule has 1 aromatic heterocycles. The summed E-state index contributed by atoms with van der Waals surface area (Å²) in [6.45, 7) is 0. The summed E-state index contributed by atoms with van der Waals surface area (Å²) in [7, 11) is 0. The minimum absolute atomic E-state index is 0.0774. The molecule has 0 radical (unpaired) electrons. The van der Waals surface area contributed by atoms with E-state index in [1.807, 2.05) is 0 Å². The number of hydrogen-bond acceptors (Lipinski definition) is 1. The van der Waals surface area contributed by atoms with Crippen molar-refractivity contribution in [1.82, 2.24) is 4.98 Å². The van der Waals surface area contributed by atoms with E-state index in [0.717, 1.165) is 6.07 Å². The van der Waals surface area contributed by atoms with Crippen molar-refractivity contribution in [3.63, 3.8) is 0 Å². The Morgan fingerprint density at radius 2 is 1.79 bits per heavy atom. The third kappa shape index (κ3) is 2.51. The molecule has 0 aliphatic carbocycles. The Hall–Kier alpha value is -0.480. The van der Waals surface area contributed by atoms with Gasteiger partial charge in [-0.3, -0.25) is 0 Å². The summed E-state index contributed by atoms with van der Waals surface area (Å²) in [5, 5.41) is 0. The molecule has 0 bridgehead atoms. The van der Waals surface area contributed by atoms with Gasteiger partial charge in [0.05, 0.1) is 11.6 Å². The van der Waals surface area contributed by atoms with Crippen LogP contribution in [0.2, 0.25) is 0 Å². The fraction of sp³-hybridized carbons (Fsp3) is 0.375. The summed E-state index contributed by atoms with van der Waals surface area (Å²) < 4.78 is 36.6. The van der Waals surface area contributed by atoms with E-state index in [-0.39, 0.29) is 17.5 Å². The summed E-state index contributed by atoms with van der Waals surface area (Å²) in [5.41, 5.74) is -0.242. The SMILES string of the molecule is FC(F)(F)c1ccc(CCl)c(CCl)n1. The number of alkyl halides is 5. The average Bonchev–Trinajstić information content (AvgIpc) is 2.15. The van der Waals surface area contributed by atoms with Crippen LogP contribution >= 0.6 is 23.2 Å². The molecule has 0 spiro atoms. The minimum Gasteiger partial charge on any atom is -0.247 e. The predicted molar refractivity (Wildman–Crippen MR) is 48.4 cm³/mol. The van der Waals surface area contributed by atoms with Crippen LogP contribution in [-0.2, 0) is 17.9 Å². The van der Waals surface area contributed by atoms with E-state index >= 15 is 0 Å². The van der Waals surface area contributed by atoms with Gasteiger partial charge >= 0.3 is 6.18 Å². The number of aromatic nitrogens is 1. The molecule has 0 aromatic carbocycles. The third-order valence-corrected chi connectivity index (χ3v) is 2.17. The first kappa shape index (κ1) is 11.6. The molecule has 0 fully saturated rings. The van der Waals surface area contributed by atoms with Gasteiger partial charge in [0.15, 0.2) is 0 Å². The summed E-state index contributed by atoms with van der Waals surface area (Å²) in [6.07, 6.45) is -4.44. The van der Waals surface area contributed by atoms with E-state index < -0.39 is 11.9 Å². The van der Waals surface area contributed by atoms with Gasteiger partial charge in [0.25, 0.3) is 0 Å². The van der Waals surface area contributed by atoms with Crippen molar-refractivity contribution in [3.8, 4) is 0 Å². The highest BCUT2D eigenvalue weighted by atomic mass is 35.5. The molecule has 1 rings (SSSR count). The first-order chi connectivity index (χ1) is 6.49. The van der Waals surface area contributed by atoms with E-state index in [2.05, 4.69) is 4.98 Å². The molecule has 0 saturated carbocycles. The fourth-order valence-electron chi connectivity index (χ4n) is 0.925. The van der Waals surface area contributed by atoms with Crippen LogP contribution < -0.4 is 0 Å². The Morgan fingerprint density at radius 1 is 1.14 bits per heavy atom. The van der Waals surface area contributed by atoms with Crippen molar-refractivity contribution < 1.29 is 13.2 Å². The lowest BCUT2D eigenvalue weighted by atomic mass is 10.2. The van der Waals surface area contributed by atoms with Gasteiger partial charge in [-0.2, -0.15) is 13.2 Å². The van der Waals surface area contributed by atoms with Gasteiger partial charge in [-0.15, -0.1) is 23.2 Å². The van der Waals surface area contributed by atoms with E-state index in [1.165, 1.54) is 6.07 Å². The smallest absolute Gasteiger partial charge is 0.247 e. The third-order valence-electron chi connectivity index (χ3n) is 1.63. The number of rotatable bonds is 2. The highest BCUT2D eigenvalue weighted by molar-refractivity contribution is 6.18. The van der Waals surface area contributed by atoms with Crippen molar-refractivity contribution in [2.24, 2.45) is 0 Å². The minimum atomic E-state index is -4.44. The molecule has 78 valence electrons. The summed E-state index contributed by atoms with van der Waals surface area (Å²) in [4.78, 5) is 3.39. The molecule has 0 aliphatic heterocycles. The molecule has 0 saturated heterocycles. The van der Waals surface area contributed by atoms with Gasteiger partial charge in [0.1, 0.15) is 5.69 Å². The maximum Gasteiger partial charge on any atom is 0.433 e. The highest BCUT2D eigenvalue weighted by Crippen LogP contribution is 2.28. The Labute approximate surface area is 88.8 Å². The summed E-state index contributed by atoms with van der Waals surface area (Å²) in [5.74, 6) is 0.0269. The van der Waals surface area contributed by atoms with Crippen LogP contribution in [0.25, 0.3) is 0 Å². The van der Waals surface area contributed by atoms with E-state index in [9.17, 15) is 13.2 Å². The lowest BCUT2D eigenvalue weighted by Gasteiger charge is -2.09. The monoisotopic (exact) mass is 243 g/mol. The lowest BCUT2D eigenvalue weighted by Crippen LogP contribution is -2.10. The Kier molecular flexibility index (Phi) is 3.61. The largest absolute Gasteiger partial charge is 0.433 e. The van der Waals surface area contributed by atoms with Gasteiger partial charge in [-0.05, 0) is 11.6 Å². The van der Waals surface area contributed by atoms with E-state index in [0.29, 0.717) is 5.56 Å². The van der Waals surface area contributed by atoms with Crippen molar-refractivity contribution >= 4 is 23.2 Å². The van der Waals surface area contributed by atoms with Crippen molar-refractivity contribution in [2.75, 3.05) is 0 Å². The van der Waals surface area contributed by atoms with Crippen LogP contribution in [0, 0.1) is 0 Å². The van der Waals surface area contributed by atoms with Crippen molar-refractivity contribution in [3.05, 3.63) is 29.1 Å². The van der Waals surface area contributed by atoms with E-state index in [1.54, 1.807) is 0 Å². The van der Waals surface area contributed by atoms with Crippen LogP contribution in [0.15, 0.2) is 12.1 Å². The fourth-order valence-corrected chi connectivity index (χ4v) is 1.40. The molecule has 1 nitrogen and oxygen atoms in total. The van der Waals surface area contributed by atoms with Crippen molar-refractivity contribution in [2.45, 2.75) is 17.9 Å². The zero-order chi connectivity index (χ0) is 10.8. The maximum absolute atomic E-state index is 12.2.